The number of sulfonamides is 1. The molecule has 0 fully saturated rings. The van der Waals surface area contributed by atoms with Crippen LogP contribution in [0, 0.1) is 0 Å². The van der Waals surface area contributed by atoms with Crippen LogP contribution in [0.5, 0.6) is 5.75 Å². The van der Waals surface area contributed by atoms with Gasteiger partial charge in [0.2, 0.25) is 10.0 Å². The summed E-state index contributed by atoms with van der Waals surface area (Å²) in [6, 6.07) is 16.3. The van der Waals surface area contributed by atoms with Crippen molar-refractivity contribution in [1.82, 2.24) is 14.3 Å². The van der Waals surface area contributed by atoms with Crippen LogP contribution in [0.4, 0.5) is 5.82 Å². The highest BCUT2D eigenvalue weighted by Gasteiger charge is 2.32. The predicted molar refractivity (Wildman–Crippen MR) is 121 cm³/mol. The van der Waals surface area contributed by atoms with Crippen LogP contribution in [0.15, 0.2) is 59.5 Å². The number of nitrogens with zero attached hydrogens (tertiary/aromatic N) is 4. The lowest BCUT2D eigenvalue weighted by atomic mass is 10.1. The first-order valence-electron chi connectivity index (χ1n) is 10.2. The molecule has 0 atom stereocenters. The second kappa shape index (κ2) is 8.64. The number of ether oxygens (including phenoxy) is 1. The highest BCUT2D eigenvalue weighted by Crippen LogP contribution is 2.32. The SMILES string of the molecule is CCN(C)c1nc(-c2ccccc2)nc2c1CN(S(=O)(=O)c1ccc(OC)cc1)CC2. The van der Waals surface area contributed by atoms with E-state index in [0.29, 0.717) is 24.5 Å². The molecule has 0 radical (unpaired) electrons. The monoisotopic (exact) mass is 438 g/mol. The molecule has 0 bridgehead atoms. The molecule has 3 aromatic rings. The minimum atomic E-state index is -3.64. The van der Waals surface area contributed by atoms with Crippen LogP contribution < -0.4 is 9.64 Å². The smallest absolute Gasteiger partial charge is 0.243 e. The molecule has 1 aliphatic heterocycles. The summed E-state index contributed by atoms with van der Waals surface area (Å²) in [5.41, 5.74) is 2.72. The Balaban J connectivity index is 1.72. The van der Waals surface area contributed by atoms with Gasteiger partial charge in [-0.15, -0.1) is 0 Å². The molecule has 2 aromatic carbocycles. The average Bonchev–Trinajstić information content (AvgIpc) is 2.83. The van der Waals surface area contributed by atoms with Gasteiger partial charge in [0.25, 0.3) is 0 Å². The predicted octanol–water partition coefficient (Wildman–Crippen LogP) is 3.36. The zero-order valence-electron chi connectivity index (χ0n) is 17.9. The molecule has 2 heterocycles. The van der Waals surface area contributed by atoms with Gasteiger partial charge in [-0.25, -0.2) is 18.4 Å². The summed E-state index contributed by atoms with van der Waals surface area (Å²) in [6.45, 7) is 3.43. The average molecular weight is 439 g/mol. The Hall–Kier alpha value is -2.97. The molecular formula is C23H26N4O3S. The maximum atomic E-state index is 13.3. The van der Waals surface area contributed by atoms with Gasteiger partial charge in [0.1, 0.15) is 11.6 Å². The van der Waals surface area contributed by atoms with Crippen molar-refractivity contribution in [1.29, 1.82) is 0 Å². The Morgan fingerprint density at radius 2 is 1.77 bits per heavy atom. The van der Waals surface area contributed by atoms with Crippen molar-refractivity contribution < 1.29 is 13.2 Å². The van der Waals surface area contributed by atoms with E-state index in [-0.39, 0.29) is 11.4 Å². The molecule has 162 valence electrons. The lowest BCUT2D eigenvalue weighted by Gasteiger charge is -2.31. The highest BCUT2D eigenvalue weighted by atomic mass is 32.2. The van der Waals surface area contributed by atoms with Crippen LogP contribution in [0.25, 0.3) is 11.4 Å². The summed E-state index contributed by atoms with van der Waals surface area (Å²) >= 11 is 0. The second-order valence-electron chi connectivity index (χ2n) is 7.44. The Morgan fingerprint density at radius 1 is 1.06 bits per heavy atom. The quantitative estimate of drug-likeness (QED) is 0.588. The van der Waals surface area contributed by atoms with E-state index in [0.717, 1.165) is 29.2 Å². The fraction of sp³-hybridized carbons (Fsp3) is 0.304. The lowest BCUT2D eigenvalue weighted by molar-refractivity contribution is 0.387. The van der Waals surface area contributed by atoms with E-state index in [1.54, 1.807) is 31.4 Å². The highest BCUT2D eigenvalue weighted by molar-refractivity contribution is 7.89. The first-order valence-corrected chi connectivity index (χ1v) is 11.7. The van der Waals surface area contributed by atoms with Crippen molar-refractivity contribution in [2.75, 3.05) is 32.1 Å². The third-order valence-electron chi connectivity index (χ3n) is 5.57. The van der Waals surface area contributed by atoms with Gasteiger partial charge in [0, 0.05) is 44.2 Å². The maximum Gasteiger partial charge on any atom is 0.243 e. The third kappa shape index (κ3) is 4.13. The minimum absolute atomic E-state index is 0.248. The minimum Gasteiger partial charge on any atom is -0.497 e. The van der Waals surface area contributed by atoms with E-state index >= 15 is 0 Å². The Labute approximate surface area is 183 Å². The van der Waals surface area contributed by atoms with Crippen LogP contribution in [-0.2, 0) is 23.0 Å². The second-order valence-corrected chi connectivity index (χ2v) is 9.38. The number of anilines is 1. The topological polar surface area (TPSA) is 75.6 Å². The molecule has 0 unspecified atom stereocenters. The molecule has 0 amide bonds. The first-order chi connectivity index (χ1) is 14.9. The largest absolute Gasteiger partial charge is 0.497 e. The zero-order valence-corrected chi connectivity index (χ0v) is 18.8. The van der Waals surface area contributed by atoms with E-state index in [9.17, 15) is 8.42 Å². The van der Waals surface area contributed by atoms with Gasteiger partial charge in [0.05, 0.1) is 17.7 Å². The molecule has 4 rings (SSSR count). The number of hydrogen-bond donors (Lipinski definition) is 0. The van der Waals surface area contributed by atoms with Crippen molar-refractivity contribution in [2.45, 2.75) is 24.8 Å². The maximum absolute atomic E-state index is 13.3. The van der Waals surface area contributed by atoms with Crippen LogP contribution in [0.3, 0.4) is 0 Å². The number of fused-ring (bicyclic) bond motifs is 1. The lowest BCUT2D eigenvalue weighted by Crippen LogP contribution is -2.37. The molecule has 1 aliphatic rings. The first kappa shape index (κ1) is 21.3. The Kier molecular flexibility index (Phi) is 5.93. The fourth-order valence-corrected chi connectivity index (χ4v) is 5.06. The summed E-state index contributed by atoms with van der Waals surface area (Å²) in [6.07, 6.45) is 0.539. The van der Waals surface area contributed by atoms with Gasteiger partial charge in [-0.05, 0) is 31.2 Å². The zero-order chi connectivity index (χ0) is 22.0. The number of benzene rings is 2. The van der Waals surface area contributed by atoms with E-state index < -0.39 is 10.0 Å². The molecule has 0 spiro atoms. The molecule has 7 nitrogen and oxygen atoms in total. The molecule has 0 saturated carbocycles. The van der Waals surface area contributed by atoms with E-state index in [2.05, 4.69) is 0 Å². The van der Waals surface area contributed by atoms with Crippen molar-refractivity contribution in [3.05, 3.63) is 65.9 Å². The van der Waals surface area contributed by atoms with Crippen LogP contribution in [0.1, 0.15) is 18.2 Å². The van der Waals surface area contributed by atoms with Gasteiger partial charge < -0.3 is 9.64 Å². The van der Waals surface area contributed by atoms with Gasteiger partial charge in [-0.3, -0.25) is 0 Å². The molecule has 0 N–H and O–H groups in total. The number of aromatic nitrogens is 2. The Bertz CT molecular complexity index is 1170. The summed E-state index contributed by atoms with van der Waals surface area (Å²) in [5.74, 6) is 2.07. The number of rotatable bonds is 6. The van der Waals surface area contributed by atoms with Crippen molar-refractivity contribution in [2.24, 2.45) is 0 Å². The Morgan fingerprint density at radius 3 is 2.42 bits per heavy atom. The van der Waals surface area contributed by atoms with Crippen LogP contribution >= 0.6 is 0 Å². The summed E-state index contributed by atoms with van der Waals surface area (Å²) in [7, 11) is -0.115. The van der Waals surface area contributed by atoms with Crippen molar-refractivity contribution in [3.63, 3.8) is 0 Å². The van der Waals surface area contributed by atoms with Crippen molar-refractivity contribution in [3.8, 4) is 17.1 Å². The van der Waals surface area contributed by atoms with E-state index in [1.807, 2.05) is 49.2 Å². The standard InChI is InChI=1S/C23H26N4O3S/c1-4-26(2)23-20-16-27(31(28,29)19-12-10-18(30-3)11-13-19)15-14-21(20)24-22(25-23)17-8-6-5-7-9-17/h5-13H,4,14-16H2,1-3H3. The summed E-state index contributed by atoms with van der Waals surface area (Å²) < 4.78 is 33.2. The molecule has 1 aromatic heterocycles. The molecule has 0 aliphatic carbocycles. The number of methoxy groups -OCH3 is 1. The molecular weight excluding hydrogens is 412 g/mol. The van der Waals surface area contributed by atoms with E-state index in [4.69, 9.17) is 14.7 Å². The van der Waals surface area contributed by atoms with Gasteiger partial charge in [-0.2, -0.15) is 4.31 Å². The van der Waals surface area contributed by atoms with Gasteiger partial charge in [0.15, 0.2) is 5.82 Å². The van der Waals surface area contributed by atoms with Crippen LogP contribution in [0.2, 0.25) is 0 Å². The fourth-order valence-electron chi connectivity index (χ4n) is 3.66. The van der Waals surface area contributed by atoms with Gasteiger partial charge >= 0.3 is 0 Å². The molecule has 8 heteroatoms. The summed E-state index contributed by atoms with van der Waals surface area (Å²) in [5, 5.41) is 0. The summed E-state index contributed by atoms with van der Waals surface area (Å²) in [4.78, 5) is 11.9. The normalized spacial score (nSPS) is 14.2. The molecule has 0 saturated heterocycles. The molecule has 31 heavy (non-hydrogen) atoms. The van der Waals surface area contributed by atoms with Crippen molar-refractivity contribution >= 4 is 15.8 Å². The van der Waals surface area contributed by atoms with Gasteiger partial charge in [-0.1, -0.05) is 30.3 Å². The third-order valence-corrected chi connectivity index (χ3v) is 7.43. The van der Waals surface area contributed by atoms with Crippen LogP contribution in [-0.4, -0.2) is 49.9 Å². The van der Waals surface area contributed by atoms with E-state index in [1.165, 1.54) is 4.31 Å². The number of hydrogen-bond acceptors (Lipinski definition) is 6.